The van der Waals surface area contributed by atoms with Crippen molar-refractivity contribution >= 4 is 29.2 Å². The van der Waals surface area contributed by atoms with Crippen LogP contribution in [-0.2, 0) is 0 Å². The van der Waals surface area contributed by atoms with Crippen molar-refractivity contribution in [1.82, 2.24) is 0 Å². The second-order valence-corrected chi connectivity index (χ2v) is 5.12. The largest absolute Gasteiger partial charge is 0.388 e. The normalized spacial score (nSPS) is 31.4. The lowest BCUT2D eigenvalue weighted by molar-refractivity contribution is 0.164. The number of thioether (sulfide) groups is 1. The van der Waals surface area contributed by atoms with Crippen LogP contribution in [0.15, 0.2) is 22.4 Å². The summed E-state index contributed by atoms with van der Waals surface area (Å²) in [6.45, 7) is 0. The average molecular weight is 214 g/mol. The van der Waals surface area contributed by atoms with Gasteiger partial charge in [-0.2, -0.15) is 0 Å². The van der Waals surface area contributed by atoms with Crippen LogP contribution >= 0.6 is 23.1 Å². The molecule has 0 amide bonds. The highest BCUT2D eigenvalue weighted by molar-refractivity contribution is 8.04. The Morgan fingerprint density at radius 2 is 2.31 bits per heavy atom. The van der Waals surface area contributed by atoms with E-state index >= 15 is 0 Å². The zero-order chi connectivity index (χ0) is 9.26. The number of hydrogen-bond donors (Lipinski definition) is 2. The predicted octanol–water partition coefficient (Wildman–Crippen LogP) is 1.91. The summed E-state index contributed by atoms with van der Waals surface area (Å²) in [6, 6.07) is 3.97. The molecule has 4 heteroatoms. The van der Waals surface area contributed by atoms with Gasteiger partial charge in [-0.1, -0.05) is 17.8 Å². The van der Waals surface area contributed by atoms with Gasteiger partial charge in [0.2, 0.25) is 0 Å². The molecule has 2 rings (SSSR count). The molecule has 2 nitrogen and oxygen atoms in total. The summed E-state index contributed by atoms with van der Waals surface area (Å²) < 4.78 is 0. The first-order chi connectivity index (χ1) is 6.25. The molecular formula is C9H10O2S2. The van der Waals surface area contributed by atoms with Gasteiger partial charge in [-0.3, -0.25) is 0 Å². The van der Waals surface area contributed by atoms with E-state index in [0.29, 0.717) is 6.42 Å². The molecule has 1 fully saturated rings. The Bertz CT molecular complexity index is 305. The molecule has 1 aromatic heterocycles. The molecule has 2 N–H and O–H groups in total. The van der Waals surface area contributed by atoms with Crippen molar-refractivity contribution in [1.29, 1.82) is 0 Å². The Morgan fingerprint density at radius 1 is 1.46 bits per heavy atom. The van der Waals surface area contributed by atoms with E-state index in [2.05, 4.69) is 0 Å². The first-order valence-corrected chi connectivity index (χ1v) is 5.79. The van der Waals surface area contributed by atoms with Crippen LogP contribution in [-0.4, -0.2) is 21.8 Å². The number of aliphatic hydroxyl groups excluding tert-OH is 2. The number of thiophene rings is 1. The van der Waals surface area contributed by atoms with Gasteiger partial charge < -0.3 is 10.2 Å². The van der Waals surface area contributed by atoms with Crippen LogP contribution in [0.5, 0.6) is 0 Å². The fourth-order valence-corrected chi connectivity index (χ4v) is 3.02. The molecule has 70 valence electrons. The molecule has 0 aliphatic carbocycles. The van der Waals surface area contributed by atoms with Crippen LogP contribution < -0.4 is 0 Å². The molecule has 0 spiro atoms. The van der Waals surface area contributed by atoms with E-state index in [1.165, 1.54) is 11.8 Å². The van der Waals surface area contributed by atoms with Gasteiger partial charge in [-0.05, 0) is 17.5 Å². The molecule has 0 radical (unpaired) electrons. The van der Waals surface area contributed by atoms with E-state index in [-0.39, 0.29) is 0 Å². The maximum absolute atomic E-state index is 9.51. The predicted molar refractivity (Wildman–Crippen MR) is 56.5 cm³/mol. The Hall–Kier alpha value is -0.290. The van der Waals surface area contributed by atoms with Crippen LogP contribution in [0.4, 0.5) is 0 Å². The lowest BCUT2D eigenvalue weighted by Crippen LogP contribution is -2.03. The van der Waals surface area contributed by atoms with Gasteiger partial charge in [-0.15, -0.1) is 11.3 Å². The number of hydrogen-bond acceptors (Lipinski definition) is 4. The molecule has 2 atom stereocenters. The monoisotopic (exact) mass is 214 g/mol. The fourth-order valence-electron chi connectivity index (χ4n) is 1.23. The van der Waals surface area contributed by atoms with Crippen molar-refractivity contribution in [2.45, 2.75) is 18.0 Å². The Labute approximate surface area is 84.9 Å². The summed E-state index contributed by atoms with van der Waals surface area (Å²) in [5, 5.41) is 20.8. The van der Waals surface area contributed by atoms with Gasteiger partial charge >= 0.3 is 0 Å². The zero-order valence-corrected chi connectivity index (χ0v) is 8.52. The minimum Gasteiger partial charge on any atom is -0.388 e. The summed E-state index contributed by atoms with van der Waals surface area (Å²) in [6.07, 6.45) is 1.90. The highest BCUT2D eigenvalue weighted by Crippen LogP contribution is 2.37. The Kier molecular flexibility index (Phi) is 2.74. The lowest BCUT2D eigenvalue weighted by atomic mass is 10.2. The standard InChI is InChI=1S/C9H10O2S2/c10-7-5-9(11)13-8(7)4-6-2-1-3-12-6/h1-4,7,9-11H,5H2. The van der Waals surface area contributed by atoms with Gasteiger partial charge in [0, 0.05) is 16.2 Å². The molecule has 0 bridgehead atoms. The summed E-state index contributed by atoms with van der Waals surface area (Å²) in [7, 11) is 0. The van der Waals surface area contributed by atoms with E-state index < -0.39 is 11.5 Å². The zero-order valence-electron chi connectivity index (χ0n) is 6.88. The van der Waals surface area contributed by atoms with Crippen LogP contribution in [0.1, 0.15) is 11.3 Å². The van der Waals surface area contributed by atoms with Crippen LogP contribution in [0.25, 0.3) is 6.08 Å². The molecule has 1 aliphatic rings. The van der Waals surface area contributed by atoms with E-state index in [0.717, 1.165) is 9.78 Å². The van der Waals surface area contributed by atoms with Crippen molar-refractivity contribution in [2.75, 3.05) is 0 Å². The van der Waals surface area contributed by atoms with Crippen LogP contribution in [0, 0.1) is 0 Å². The van der Waals surface area contributed by atoms with Gasteiger partial charge in [0.1, 0.15) is 5.44 Å². The van der Waals surface area contributed by atoms with Crippen molar-refractivity contribution in [2.24, 2.45) is 0 Å². The summed E-state index contributed by atoms with van der Waals surface area (Å²) in [5.41, 5.74) is -0.443. The van der Waals surface area contributed by atoms with Crippen molar-refractivity contribution < 1.29 is 10.2 Å². The summed E-state index contributed by atoms with van der Waals surface area (Å²) >= 11 is 2.98. The fraction of sp³-hybridized carbons (Fsp3) is 0.333. The van der Waals surface area contributed by atoms with Gasteiger partial charge in [0.25, 0.3) is 0 Å². The average Bonchev–Trinajstić information content (AvgIpc) is 2.63. The summed E-state index contributed by atoms with van der Waals surface area (Å²) in [5.74, 6) is 0. The van der Waals surface area contributed by atoms with Gasteiger partial charge in [0.15, 0.2) is 0 Å². The molecule has 1 aliphatic heterocycles. The highest BCUT2D eigenvalue weighted by atomic mass is 32.2. The molecular weight excluding hydrogens is 204 g/mol. The third-order valence-electron chi connectivity index (χ3n) is 1.85. The maximum atomic E-state index is 9.51. The third-order valence-corrected chi connectivity index (χ3v) is 3.80. The van der Waals surface area contributed by atoms with Crippen molar-refractivity contribution in [3.8, 4) is 0 Å². The van der Waals surface area contributed by atoms with Gasteiger partial charge in [0.05, 0.1) is 6.10 Å². The minimum absolute atomic E-state index is 0.443. The third kappa shape index (κ3) is 2.14. The van der Waals surface area contributed by atoms with Crippen LogP contribution in [0.2, 0.25) is 0 Å². The van der Waals surface area contributed by atoms with Gasteiger partial charge in [-0.25, -0.2) is 0 Å². The topological polar surface area (TPSA) is 40.5 Å². The molecule has 13 heavy (non-hydrogen) atoms. The molecule has 2 heterocycles. The highest BCUT2D eigenvalue weighted by Gasteiger charge is 2.26. The maximum Gasteiger partial charge on any atom is 0.106 e. The Morgan fingerprint density at radius 3 is 2.85 bits per heavy atom. The summed E-state index contributed by atoms with van der Waals surface area (Å²) in [4.78, 5) is 1.99. The lowest BCUT2D eigenvalue weighted by Gasteiger charge is -1.99. The molecule has 2 unspecified atom stereocenters. The van der Waals surface area contributed by atoms with Crippen molar-refractivity contribution in [3.63, 3.8) is 0 Å². The first kappa shape index (κ1) is 9.27. The smallest absolute Gasteiger partial charge is 0.106 e. The van der Waals surface area contributed by atoms with Crippen LogP contribution in [0.3, 0.4) is 0 Å². The molecule has 0 aromatic carbocycles. The first-order valence-electron chi connectivity index (χ1n) is 4.03. The number of rotatable bonds is 1. The van der Waals surface area contributed by atoms with E-state index in [1.54, 1.807) is 11.3 Å². The molecule has 0 saturated carbocycles. The minimum atomic E-state index is -0.484. The van der Waals surface area contributed by atoms with E-state index in [9.17, 15) is 10.2 Å². The molecule has 1 aromatic rings. The van der Waals surface area contributed by atoms with E-state index in [4.69, 9.17) is 0 Å². The van der Waals surface area contributed by atoms with Crippen molar-refractivity contribution in [3.05, 3.63) is 27.3 Å². The quantitative estimate of drug-likeness (QED) is 0.750. The van der Waals surface area contributed by atoms with E-state index in [1.807, 2.05) is 23.6 Å². The second-order valence-electron chi connectivity index (χ2n) is 2.89. The molecule has 1 saturated heterocycles. The second kappa shape index (κ2) is 3.84. The Balaban J connectivity index is 2.17. The number of aliphatic hydroxyl groups is 2. The SMILES string of the molecule is OC1CC(O)C(=Cc2cccs2)S1.